The van der Waals surface area contributed by atoms with Crippen LogP contribution in [0, 0.1) is 11.8 Å². The van der Waals surface area contributed by atoms with Crippen LogP contribution in [0.1, 0.15) is 59.5 Å². The quantitative estimate of drug-likeness (QED) is 0.0221. The summed E-state index contributed by atoms with van der Waals surface area (Å²) in [5, 5.41) is 12.8. The Labute approximate surface area is 480 Å². The van der Waals surface area contributed by atoms with Crippen molar-refractivity contribution in [2.75, 3.05) is 84.2 Å². The van der Waals surface area contributed by atoms with E-state index in [0.29, 0.717) is 49.4 Å². The number of thioether (sulfide) groups is 2. The van der Waals surface area contributed by atoms with Gasteiger partial charge in [-0.1, -0.05) is 63.4 Å². The predicted octanol–water partition coefficient (Wildman–Crippen LogP) is 6.21. The van der Waals surface area contributed by atoms with E-state index in [1.165, 1.54) is 50.3 Å². The first-order chi connectivity index (χ1) is 39.1. The van der Waals surface area contributed by atoms with Gasteiger partial charge in [0.2, 0.25) is 17.7 Å². The number of nitrogens with one attached hydrogen (secondary N) is 5. The van der Waals surface area contributed by atoms with Gasteiger partial charge in [-0.3, -0.25) is 33.6 Å². The number of anilines is 2. The lowest BCUT2D eigenvalue weighted by Gasteiger charge is -2.25. The van der Waals surface area contributed by atoms with Gasteiger partial charge in [-0.05, 0) is 96.3 Å². The molecule has 1 heterocycles. The Bertz CT molecular complexity index is 2860. The summed E-state index contributed by atoms with van der Waals surface area (Å²) in [6.45, 7) is 5.83. The third-order valence-corrected chi connectivity index (χ3v) is 14.3. The number of hydrogen-bond donors (Lipinski definition) is 5. The number of aldehydes is 1. The van der Waals surface area contributed by atoms with E-state index in [0.717, 1.165) is 35.7 Å². The summed E-state index contributed by atoms with van der Waals surface area (Å²) in [6, 6.07) is 20.0. The fourth-order valence-electron chi connectivity index (χ4n) is 7.58. The topological polar surface area (TPSA) is 266 Å². The third-order valence-electron chi connectivity index (χ3n) is 12.0. The van der Waals surface area contributed by atoms with E-state index >= 15 is 0 Å². The van der Waals surface area contributed by atoms with E-state index in [-0.39, 0.29) is 85.4 Å². The Hall–Kier alpha value is -7.78. The van der Waals surface area contributed by atoms with Gasteiger partial charge in [0.15, 0.2) is 0 Å². The number of benzene rings is 4. The number of imide groups is 1. The summed E-state index contributed by atoms with van der Waals surface area (Å²) >= 11 is 1.81. The van der Waals surface area contributed by atoms with Gasteiger partial charge in [0.25, 0.3) is 23.6 Å². The number of halogens is 3. The second kappa shape index (κ2) is 31.4. The SMILES string of the molecule is CNC(=O)c1ccc(SC2=C(Sc3ccc(C(=O)NC)cc3)C(=O)N(c3ccc(OCCOCCOCCOCC(=O)NC(C(=O)NCC(=O)Nc4ccc(COC(=O)N(C)C(C=O)C(C)C)cc4)C(C)C)c(C(F)(F)F)c3)C2=O)cc1. The molecule has 21 nitrogen and oxygen atoms in total. The monoisotopic (exact) mass is 1180 g/mol. The highest BCUT2D eigenvalue weighted by Gasteiger charge is 2.43. The minimum atomic E-state index is -4.97. The van der Waals surface area contributed by atoms with Gasteiger partial charge in [-0.15, -0.1) is 0 Å². The average molecular weight is 1180 g/mol. The van der Waals surface area contributed by atoms with Crippen LogP contribution in [0.2, 0.25) is 0 Å². The van der Waals surface area contributed by atoms with Gasteiger partial charge in [0.1, 0.15) is 37.9 Å². The highest BCUT2D eigenvalue weighted by atomic mass is 32.2. The fourth-order valence-corrected chi connectivity index (χ4v) is 9.56. The van der Waals surface area contributed by atoms with Gasteiger partial charge in [-0.25, -0.2) is 9.69 Å². The molecule has 5 rings (SSSR count). The van der Waals surface area contributed by atoms with Gasteiger partial charge < -0.3 is 60.0 Å². The number of rotatable bonds is 30. The zero-order valence-corrected chi connectivity index (χ0v) is 47.6. The number of amides is 8. The van der Waals surface area contributed by atoms with Crippen molar-refractivity contribution < 1.29 is 80.0 Å². The molecule has 2 unspecified atom stereocenters. The summed E-state index contributed by atoms with van der Waals surface area (Å²) in [4.78, 5) is 117. The molecule has 0 fully saturated rings. The minimum Gasteiger partial charge on any atom is -0.491 e. The molecule has 4 aromatic rings. The molecule has 1 aliphatic rings. The van der Waals surface area contributed by atoms with Crippen LogP contribution in [-0.4, -0.2) is 145 Å². The number of likely N-dealkylation sites (N-methyl/N-ethyl adjacent to an activating group) is 1. The number of carbonyl (C=O) groups excluding carboxylic acids is 9. The Balaban J connectivity index is 1.02. The molecule has 440 valence electrons. The summed E-state index contributed by atoms with van der Waals surface area (Å²) < 4.78 is 70.7. The Kier molecular flexibility index (Phi) is 24.9. The van der Waals surface area contributed by atoms with Gasteiger partial charge in [0, 0.05) is 47.7 Å². The van der Waals surface area contributed by atoms with E-state index < -0.39 is 78.4 Å². The van der Waals surface area contributed by atoms with Crippen molar-refractivity contribution in [2.24, 2.45) is 11.8 Å². The van der Waals surface area contributed by atoms with E-state index in [1.807, 2.05) is 13.8 Å². The molecule has 0 saturated heterocycles. The van der Waals surface area contributed by atoms with Gasteiger partial charge in [0.05, 0.1) is 66.7 Å². The van der Waals surface area contributed by atoms with E-state index in [9.17, 15) is 56.3 Å². The van der Waals surface area contributed by atoms with Crippen LogP contribution in [0.15, 0.2) is 111 Å². The van der Waals surface area contributed by atoms with Crippen LogP contribution < -0.4 is 36.2 Å². The molecular weight excluding hydrogens is 1120 g/mol. The van der Waals surface area contributed by atoms with E-state index in [2.05, 4.69) is 26.6 Å². The largest absolute Gasteiger partial charge is 0.491 e. The molecule has 82 heavy (non-hydrogen) atoms. The summed E-state index contributed by atoms with van der Waals surface area (Å²) in [5.74, 6) is -5.23. The Morgan fingerprint density at radius 1 is 0.683 bits per heavy atom. The minimum absolute atomic E-state index is 0.0115. The van der Waals surface area contributed by atoms with Crippen LogP contribution in [0.25, 0.3) is 0 Å². The van der Waals surface area contributed by atoms with Crippen molar-refractivity contribution >= 4 is 88.6 Å². The van der Waals surface area contributed by atoms with Crippen molar-refractivity contribution in [1.29, 1.82) is 0 Å². The van der Waals surface area contributed by atoms with Crippen LogP contribution in [0.3, 0.4) is 0 Å². The zero-order valence-electron chi connectivity index (χ0n) is 46.0. The summed E-state index contributed by atoms with van der Waals surface area (Å²) in [5.41, 5.74) is 0.101. The lowest BCUT2D eigenvalue weighted by Crippen LogP contribution is -2.51. The van der Waals surface area contributed by atoms with Crippen LogP contribution in [-0.2, 0) is 60.5 Å². The van der Waals surface area contributed by atoms with Crippen LogP contribution >= 0.6 is 23.5 Å². The molecular formula is C56H64F3N7O14S2. The van der Waals surface area contributed by atoms with E-state index in [1.54, 1.807) is 62.4 Å². The molecule has 0 aliphatic carbocycles. The van der Waals surface area contributed by atoms with Crippen LogP contribution in [0.5, 0.6) is 5.75 Å². The molecule has 1 aliphatic heterocycles. The summed E-state index contributed by atoms with van der Waals surface area (Å²) in [6.07, 6.45) is -4.95. The van der Waals surface area contributed by atoms with Crippen molar-refractivity contribution in [2.45, 2.75) is 62.4 Å². The number of ether oxygens (including phenoxy) is 5. The molecule has 5 N–H and O–H groups in total. The maximum absolute atomic E-state index is 14.6. The number of hydrogen-bond acceptors (Lipinski definition) is 16. The first-order valence-electron chi connectivity index (χ1n) is 25.6. The third kappa shape index (κ3) is 18.9. The van der Waals surface area contributed by atoms with Gasteiger partial charge >= 0.3 is 12.3 Å². The second-order valence-corrected chi connectivity index (χ2v) is 20.8. The maximum atomic E-state index is 14.6. The van der Waals surface area contributed by atoms with Crippen molar-refractivity contribution in [3.05, 3.63) is 123 Å². The molecule has 0 bridgehead atoms. The first kappa shape index (κ1) is 65.0. The highest BCUT2D eigenvalue weighted by Crippen LogP contribution is 2.46. The van der Waals surface area contributed by atoms with Crippen molar-refractivity contribution in [3.8, 4) is 5.75 Å². The predicted molar refractivity (Wildman–Crippen MR) is 298 cm³/mol. The van der Waals surface area contributed by atoms with Crippen LogP contribution in [0.4, 0.5) is 29.3 Å². The normalized spacial score (nSPS) is 13.1. The smallest absolute Gasteiger partial charge is 0.420 e. The molecule has 0 spiro atoms. The molecule has 2 atom stereocenters. The molecule has 26 heteroatoms. The molecule has 8 amide bonds. The molecule has 0 saturated carbocycles. The van der Waals surface area contributed by atoms with E-state index in [4.69, 9.17) is 23.7 Å². The average Bonchev–Trinajstić information content (AvgIpc) is 3.90. The first-order valence-corrected chi connectivity index (χ1v) is 27.2. The molecule has 0 radical (unpaired) electrons. The Morgan fingerprint density at radius 3 is 1.70 bits per heavy atom. The summed E-state index contributed by atoms with van der Waals surface area (Å²) in [7, 11) is 4.41. The number of carbonyl (C=O) groups is 9. The lowest BCUT2D eigenvalue weighted by atomic mass is 10.0. The Morgan fingerprint density at radius 2 is 1.21 bits per heavy atom. The molecule has 0 aromatic heterocycles. The second-order valence-electron chi connectivity index (χ2n) is 18.6. The lowest BCUT2D eigenvalue weighted by molar-refractivity contribution is -0.139. The van der Waals surface area contributed by atoms with Crippen molar-refractivity contribution in [3.63, 3.8) is 0 Å². The molecule has 4 aromatic carbocycles. The maximum Gasteiger partial charge on any atom is 0.420 e. The van der Waals surface area contributed by atoms with Gasteiger partial charge in [-0.2, -0.15) is 13.2 Å². The van der Waals surface area contributed by atoms with Crippen molar-refractivity contribution in [1.82, 2.24) is 26.2 Å². The number of alkyl halides is 3. The number of nitrogens with zero attached hydrogens (tertiary/aromatic N) is 2. The highest BCUT2D eigenvalue weighted by molar-refractivity contribution is 8.08. The fraction of sp³-hybridized carbons (Fsp3) is 0.375. The standard InChI is InChI=1S/C56H64F3N7O14S2/c1-33(2)43(30-67)65(7)55(75)80-31-35-8-14-38(15-9-35)63-45(68)29-62-52(72)47(34(3)4)64-46(69)32-78-25-24-76-22-23-77-26-27-79-44-21-16-39(28-42(44)56(57,58)59)66-53(73)48(81-40-17-10-36(11-18-40)50(70)60-5)49(54(66)74)82-41-19-12-37(13-20-41)51(71)61-6/h8-21,28,30,33-34,43,47H,22-27,29,31-32H2,1-7H3,(H,60,70)(H,61,71)(H,62,72)(H,63,68)(H,64,69). The zero-order chi connectivity index (χ0) is 60.1.